The summed E-state index contributed by atoms with van der Waals surface area (Å²) >= 11 is 0. The molecule has 3 nitrogen and oxygen atoms in total. The van der Waals surface area contributed by atoms with Crippen LogP contribution in [0.4, 0.5) is 5.82 Å². The van der Waals surface area contributed by atoms with Crippen LogP contribution in [0.25, 0.3) is 0 Å². The Morgan fingerprint density at radius 1 is 1.29 bits per heavy atom. The van der Waals surface area contributed by atoms with Gasteiger partial charge in [-0.25, -0.2) is 4.98 Å². The van der Waals surface area contributed by atoms with Crippen molar-refractivity contribution in [1.82, 2.24) is 4.98 Å². The minimum atomic E-state index is 0.0545. The summed E-state index contributed by atoms with van der Waals surface area (Å²) in [6.45, 7) is 8.46. The molecule has 0 saturated heterocycles. The second-order valence-electron chi connectivity index (χ2n) is 4.62. The Hall–Kier alpha value is -1.09. The van der Waals surface area contributed by atoms with E-state index in [-0.39, 0.29) is 6.61 Å². The van der Waals surface area contributed by atoms with Crippen LogP contribution in [0.5, 0.6) is 0 Å². The summed E-state index contributed by atoms with van der Waals surface area (Å²) in [6, 6.07) is 2.50. The number of hydrogen-bond donors (Lipinski definition) is 1. The molecule has 3 heteroatoms. The van der Waals surface area contributed by atoms with Crippen molar-refractivity contribution >= 4 is 5.82 Å². The van der Waals surface area contributed by atoms with Crippen molar-refractivity contribution in [3.05, 3.63) is 22.9 Å². The van der Waals surface area contributed by atoms with Gasteiger partial charge in [-0.1, -0.05) is 13.8 Å². The molecule has 0 aliphatic rings. The maximum atomic E-state index is 9.50. The van der Waals surface area contributed by atoms with Gasteiger partial charge in [0.1, 0.15) is 5.82 Å². The standard InChI is InChI=1S/C14H24N2O/c1-6-12(7-2)16(5)14-13(9-17)10(3)8-11(4)15-14/h8,12,17H,6-7,9H2,1-5H3. The zero-order valence-corrected chi connectivity index (χ0v) is 11.6. The van der Waals surface area contributed by atoms with Crippen LogP contribution in [0.2, 0.25) is 0 Å². The van der Waals surface area contributed by atoms with E-state index in [1.807, 2.05) is 19.9 Å². The van der Waals surface area contributed by atoms with E-state index in [9.17, 15) is 5.11 Å². The summed E-state index contributed by atoms with van der Waals surface area (Å²) in [5.41, 5.74) is 3.07. The fourth-order valence-electron chi connectivity index (χ4n) is 2.34. The van der Waals surface area contributed by atoms with E-state index in [1.54, 1.807) is 0 Å². The molecule has 1 aromatic heterocycles. The topological polar surface area (TPSA) is 36.4 Å². The highest BCUT2D eigenvalue weighted by atomic mass is 16.3. The number of anilines is 1. The second-order valence-corrected chi connectivity index (χ2v) is 4.62. The minimum Gasteiger partial charge on any atom is -0.392 e. The number of pyridine rings is 1. The van der Waals surface area contributed by atoms with Crippen LogP contribution in [0.15, 0.2) is 6.07 Å². The summed E-state index contributed by atoms with van der Waals surface area (Å²) in [6.07, 6.45) is 2.18. The number of rotatable bonds is 5. The van der Waals surface area contributed by atoms with Crippen molar-refractivity contribution in [3.8, 4) is 0 Å². The monoisotopic (exact) mass is 236 g/mol. The first-order chi connectivity index (χ1) is 8.04. The summed E-state index contributed by atoms with van der Waals surface area (Å²) in [5.74, 6) is 0.929. The number of aryl methyl sites for hydroxylation is 2. The van der Waals surface area contributed by atoms with Gasteiger partial charge in [0, 0.05) is 24.3 Å². The van der Waals surface area contributed by atoms with E-state index in [2.05, 4.69) is 30.8 Å². The SMILES string of the molecule is CCC(CC)N(C)c1nc(C)cc(C)c1CO. The lowest BCUT2D eigenvalue weighted by Crippen LogP contribution is -2.32. The van der Waals surface area contributed by atoms with Gasteiger partial charge in [-0.2, -0.15) is 0 Å². The smallest absolute Gasteiger partial charge is 0.134 e. The molecule has 1 N–H and O–H groups in total. The van der Waals surface area contributed by atoms with Crippen LogP contribution in [-0.4, -0.2) is 23.2 Å². The number of aliphatic hydroxyl groups is 1. The molecule has 17 heavy (non-hydrogen) atoms. The Kier molecular flexibility index (Phi) is 4.94. The molecule has 1 rings (SSSR count). The van der Waals surface area contributed by atoms with Crippen LogP contribution >= 0.6 is 0 Å². The van der Waals surface area contributed by atoms with E-state index in [0.29, 0.717) is 6.04 Å². The molecule has 96 valence electrons. The molecular weight excluding hydrogens is 212 g/mol. The first kappa shape index (κ1) is 14.0. The molecule has 0 unspecified atom stereocenters. The van der Waals surface area contributed by atoms with Crippen LogP contribution in [0, 0.1) is 13.8 Å². The lowest BCUT2D eigenvalue weighted by atomic mass is 10.1. The summed E-state index contributed by atoms with van der Waals surface area (Å²) < 4.78 is 0. The molecule has 0 radical (unpaired) electrons. The molecule has 0 atom stereocenters. The number of aromatic nitrogens is 1. The molecule has 0 bridgehead atoms. The van der Waals surface area contributed by atoms with E-state index < -0.39 is 0 Å². The fraction of sp³-hybridized carbons (Fsp3) is 0.643. The Labute approximate surface area is 104 Å². The van der Waals surface area contributed by atoms with Crippen molar-refractivity contribution < 1.29 is 5.11 Å². The van der Waals surface area contributed by atoms with Crippen molar-refractivity contribution in [3.63, 3.8) is 0 Å². The highest BCUT2D eigenvalue weighted by Crippen LogP contribution is 2.24. The van der Waals surface area contributed by atoms with E-state index in [1.165, 1.54) is 0 Å². The van der Waals surface area contributed by atoms with Gasteiger partial charge in [0.2, 0.25) is 0 Å². The predicted molar refractivity (Wildman–Crippen MR) is 72.4 cm³/mol. The average molecular weight is 236 g/mol. The third kappa shape index (κ3) is 2.97. The zero-order chi connectivity index (χ0) is 13.0. The van der Waals surface area contributed by atoms with Crippen molar-refractivity contribution in [2.45, 2.75) is 53.2 Å². The number of nitrogens with zero attached hydrogens (tertiary/aromatic N) is 2. The van der Waals surface area contributed by atoms with Gasteiger partial charge >= 0.3 is 0 Å². The average Bonchev–Trinajstić information content (AvgIpc) is 2.29. The lowest BCUT2D eigenvalue weighted by Gasteiger charge is -2.29. The molecular formula is C14H24N2O. The Morgan fingerprint density at radius 2 is 1.88 bits per heavy atom. The van der Waals surface area contributed by atoms with Crippen LogP contribution in [0.3, 0.4) is 0 Å². The number of hydrogen-bond acceptors (Lipinski definition) is 3. The van der Waals surface area contributed by atoms with Crippen molar-refractivity contribution in [2.75, 3.05) is 11.9 Å². The van der Waals surface area contributed by atoms with Crippen molar-refractivity contribution in [1.29, 1.82) is 0 Å². The van der Waals surface area contributed by atoms with E-state index >= 15 is 0 Å². The molecule has 0 fully saturated rings. The molecule has 1 aromatic rings. The third-order valence-electron chi connectivity index (χ3n) is 3.44. The summed E-state index contributed by atoms with van der Waals surface area (Å²) in [5, 5.41) is 9.50. The van der Waals surface area contributed by atoms with Crippen LogP contribution in [0.1, 0.15) is 43.5 Å². The van der Waals surface area contributed by atoms with Gasteiger partial charge in [0.05, 0.1) is 6.61 Å². The number of aliphatic hydroxyl groups excluding tert-OH is 1. The molecule has 0 aliphatic heterocycles. The fourth-order valence-corrected chi connectivity index (χ4v) is 2.34. The molecule has 0 spiro atoms. The lowest BCUT2D eigenvalue weighted by molar-refractivity contribution is 0.280. The first-order valence-corrected chi connectivity index (χ1v) is 6.35. The second kappa shape index (κ2) is 6.01. The maximum absolute atomic E-state index is 9.50. The van der Waals surface area contributed by atoms with E-state index in [4.69, 9.17) is 0 Å². The van der Waals surface area contributed by atoms with Crippen LogP contribution in [-0.2, 0) is 6.61 Å². The predicted octanol–water partition coefficient (Wildman–Crippen LogP) is 2.82. The van der Waals surface area contributed by atoms with Gasteiger partial charge in [0.25, 0.3) is 0 Å². The highest BCUT2D eigenvalue weighted by molar-refractivity contribution is 5.51. The van der Waals surface area contributed by atoms with Crippen LogP contribution < -0.4 is 4.90 Å². The van der Waals surface area contributed by atoms with E-state index in [0.717, 1.165) is 35.5 Å². The van der Waals surface area contributed by atoms with Gasteiger partial charge in [-0.15, -0.1) is 0 Å². The Balaban J connectivity index is 3.19. The third-order valence-corrected chi connectivity index (χ3v) is 3.44. The molecule has 0 amide bonds. The summed E-state index contributed by atoms with van der Waals surface area (Å²) in [4.78, 5) is 6.79. The molecule has 0 saturated carbocycles. The Bertz CT molecular complexity index is 373. The minimum absolute atomic E-state index is 0.0545. The van der Waals surface area contributed by atoms with Gasteiger partial charge in [0.15, 0.2) is 0 Å². The molecule has 0 aliphatic carbocycles. The van der Waals surface area contributed by atoms with Gasteiger partial charge in [-0.05, 0) is 38.3 Å². The molecule has 1 heterocycles. The summed E-state index contributed by atoms with van der Waals surface area (Å²) in [7, 11) is 2.07. The Morgan fingerprint density at radius 3 is 2.35 bits per heavy atom. The van der Waals surface area contributed by atoms with Gasteiger partial charge in [-0.3, -0.25) is 0 Å². The quantitative estimate of drug-likeness (QED) is 0.854. The largest absolute Gasteiger partial charge is 0.392 e. The first-order valence-electron chi connectivity index (χ1n) is 6.35. The highest BCUT2D eigenvalue weighted by Gasteiger charge is 2.17. The maximum Gasteiger partial charge on any atom is 0.134 e. The van der Waals surface area contributed by atoms with Crippen molar-refractivity contribution in [2.24, 2.45) is 0 Å². The molecule has 0 aromatic carbocycles. The normalized spacial score (nSPS) is 11.0. The van der Waals surface area contributed by atoms with Gasteiger partial charge < -0.3 is 10.0 Å². The zero-order valence-electron chi connectivity index (χ0n) is 11.6.